The van der Waals surface area contributed by atoms with Gasteiger partial charge in [-0.15, -0.1) is 0 Å². The molecule has 0 saturated carbocycles. The van der Waals surface area contributed by atoms with Gasteiger partial charge in [-0.1, -0.05) is 32.9 Å². The van der Waals surface area contributed by atoms with Gasteiger partial charge in [0.25, 0.3) is 0 Å². The minimum absolute atomic E-state index is 0.00662. The Labute approximate surface area is 142 Å². The molecule has 0 aromatic carbocycles. The van der Waals surface area contributed by atoms with E-state index in [1.807, 2.05) is 4.90 Å². The zero-order chi connectivity index (χ0) is 17.5. The fourth-order valence-corrected chi connectivity index (χ4v) is 2.41. The highest BCUT2D eigenvalue weighted by Gasteiger charge is 2.17. The summed E-state index contributed by atoms with van der Waals surface area (Å²) < 4.78 is 16.0. The molecule has 132 valence electrons. The van der Waals surface area contributed by atoms with Gasteiger partial charge in [0.05, 0.1) is 12.9 Å². The molecule has 2 rings (SSSR count). The first kappa shape index (κ1) is 18.3. The molecule has 0 atom stereocenters. The molecule has 0 fully saturated rings. The smallest absolute Gasteiger partial charge is 0.248 e. The molecule has 0 aliphatic heterocycles. The Morgan fingerprint density at radius 2 is 1.92 bits per heavy atom. The van der Waals surface area contributed by atoms with E-state index in [0.29, 0.717) is 29.1 Å². The van der Waals surface area contributed by atoms with Crippen LogP contribution >= 0.6 is 0 Å². The van der Waals surface area contributed by atoms with Gasteiger partial charge in [0.1, 0.15) is 12.3 Å². The lowest BCUT2D eigenvalue weighted by Gasteiger charge is -2.26. The van der Waals surface area contributed by atoms with Crippen LogP contribution in [0.4, 0.5) is 0 Å². The van der Waals surface area contributed by atoms with Crippen molar-refractivity contribution < 1.29 is 18.5 Å². The Hall–Kier alpha value is -2.08. The van der Waals surface area contributed by atoms with E-state index in [9.17, 15) is 4.79 Å². The van der Waals surface area contributed by atoms with Crippen LogP contribution in [0.15, 0.2) is 33.4 Å². The van der Waals surface area contributed by atoms with Crippen LogP contribution in [-0.4, -0.2) is 35.7 Å². The number of nitrogens with zero attached hydrogens (tertiary/aromatic N) is 2. The summed E-state index contributed by atoms with van der Waals surface area (Å²) in [6, 6.07) is 5.33. The number of aromatic nitrogens is 1. The third-order valence-electron chi connectivity index (χ3n) is 3.32. The fourth-order valence-electron chi connectivity index (χ4n) is 2.41. The van der Waals surface area contributed by atoms with E-state index < -0.39 is 0 Å². The summed E-state index contributed by atoms with van der Waals surface area (Å²) in [4.78, 5) is 14.2. The molecule has 0 bridgehead atoms. The molecule has 0 N–H and O–H groups in total. The Morgan fingerprint density at radius 3 is 2.50 bits per heavy atom. The van der Waals surface area contributed by atoms with Gasteiger partial charge in [-0.25, -0.2) is 0 Å². The van der Waals surface area contributed by atoms with Crippen molar-refractivity contribution in [1.29, 1.82) is 0 Å². The lowest BCUT2D eigenvalue weighted by atomic mass is 10.1. The maximum Gasteiger partial charge on any atom is 0.248 e. The number of furan rings is 1. The highest BCUT2D eigenvalue weighted by Crippen LogP contribution is 2.20. The largest absolute Gasteiger partial charge is 0.461 e. The third-order valence-corrected chi connectivity index (χ3v) is 3.32. The van der Waals surface area contributed by atoms with Crippen molar-refractivity contribution in [2.45, 2.75) is 34.3 Å². The van der Waals surface area contributed by atoms with Crippen LogP contribution in [0.1, 0.15) is 33.4 Å². The predicted octanol–water partition coefficient (Wildman–Crippen LogP) is 3.59. The van der Waals surface area contributed by atoms with Gasteiger partial charge in [0.2, 0.25) is 11.7 Å². The Balaban J connectivity index is 1.82. The van der Waals surface area contributed by atoms with Crippen molar-refractivity contribution in [1.82, 2.24) is 10.1 Å². The normalized spacial score (nSPS) is 11.4. The Kier molecular flexibility index (Phi) is 6.61. The average Bonchev–Trinajstić information content (AvgIpc) is 3.16. The molecule has 0 saturated heterocycles. The molecule has 0 aliphatic carbocycles. The zero-order valence-electron chi connectivity index (χ0n) is 14.8. The number of ether oxygens (including phenoxy) is 1. The van der Waals surface area contributed by atoms with E-state index >= 15 is 0 Å². The van der Waals surface area contributed by atoms with Crippen molar-refractivity contribution in [3.05, 3.63) is 30.2 Å². The summed E-state index contributed by atoms with van der Waals surface area (Å²) >= 11 is 0. The molecular formula is C18H26N2O4. The fraction of sp³-hybridized carbons (Fsp3) is 0.556. The van der Waals surface area contributed by atoms with Crippen molar-refractivity contribution in [3.8, 4) is 11.5 Å². The summed E-state index contributed by atoms with van der Waals surface area (Å²) in [7, 11) is 0. The number of rotatable bonds is 9. The molecule has 2 aromatic heterocycles. The lowest BCUT2D eigenvalue weighted by Crippen LogP contribution is -2.39. The maximum absolute atomic E-state index is 12.3. The number of carbonyl (C=O) groups excluding carboxylic acids is 1. The molecule has 1 amide bonds. The monoisotopic (exact) mass is 334 g/mol. The molecule has 2 heterocycles. The van der Waals surface area contributed by atoms with Gasteiger partial charge >= 0.3 is 0 Å². The van der Waals surface area contributed by atoms with E-state index in [1.54, 1.807) is 24.5 Å². The van der Waals surface area contributed by atoms with Crippen LogP contribution in [0.3, 0.4) is 0 Å². The Bertz CT molecular complexity index is 607. The van der Waals surface area contributed by atoms with Crippen LogP contribution in [0.5, 0.6) is 0 Å². The van der Waals surface area contributed by atoms with Crippen LogP contribution < -0.4 is 0 Å². The van der Waals surface area contributed by atoms with Crippen molar-refractivity contribution >= 4 is 5.91 Å². The molecule has 6 heteroatoms. The van der Waals surface area contributed by atoms with Crippen LogP contribution in [0.25, 0.3) is 11.5 Å². The van der Waals surface area contributed by atoms with Crippen LogP contribution in [0.2, 0.25) is 0 Å². The second-order valence-electron chi connectivity index (χ2n) is 6.74. The first-order valence-electron chi connectivity index (χ1n) is 8.30. The van der Waals surface area contributed by atoms with E-state index in [0.717, 1.165) is 13.1 Å². The van der Waals surface area contributed by atoms with Gasteiger partial charge in [0.15, 0.2) is 5.76 Å². The van der Waals surface area contributed by atoms with Gasteiger partial charge in [-0.2, -0.15) is 0 Å². The molecule has 0 unspecified atom stereocenters. The quantitative estimate of drug-likeness (QED) is 0.701. The van der Waals surface area contributed by atoms with Gasteiger partial charge in [-0.05, 0) is 24.0 Å². The maximum atomic E-state index is 12.3. The summed E-state index contributed by atoms with van der Waals surface area (Å²) in [6.07, 6.45) is 1.57. The van der Waals surface area contributed by atoms with E-state index in [1.165, 1.54) is 0 Å². The second kappa shape index (κ2) is 8.68. The van der Waals surface area contributed by atoms with Crippen molar-refractivity contribution in [2.75, 3.05) is 19.7 Å². The zero-order valence-corrected chi connectivity index (χ0v) is 14.8. The highest BCUT2D eigenvalue weighted by molar-refractivity contribution is 5.77. The first-order valence-corrected chi connectivity index (χ1v) is 8.30. The minimum Gasteiger partial charge on any atom is -0.461 e. The predicted molar refractivity (Wildman–Crippen MR) is 90.1 cm³/mol. The molecule has 24 heavy (non-hydrogen) atoms. The summed E-state index contributed by atoms with van der Waals surface area (Å²) in [5.41, 5.74) is 0.633. The summed E-state index contributed by atoms with van der Waals surface area (Å²) in [6.45, 7) is 10.2. The average molecular weight is 334 g/mol. The molecule has 0 spiro atoms. The summed E-state index contributed by atoms with van der Waals surface area (Å²) in [5, 5.41) is 3.93. The highest BCUT2D eigenvalue weighted by atomic mass is 16.5. The van der Waals surface area contributed by atoms with Gasteiger partial charge in [0, 0.05) is 19.2 Å². The standard InChI is InChI=1S/C18H26N2O4/c1-13(2)9-20(10-14(3)4)18(21)12-22-11-15-8-17(24-19-15)16-6-5-7-23-16/h5-8,13-14H,9-12H2,1-4H3. The SMILES string of the molecule is CC(C)CN(CC(C)C)C(=O)COCc1cc(-c2ccco2)on1. The number of carbonyl (C=O) groups is 1. The molecular weight excluding hydrogens is 308 g/mol. The van der Waals surface area contributed by atoms with Gasteiger partial charge < -0.3 is 18.6 Å². The van der Waals surface area contributed by atoms with E-state index in [2.05, 4.69) is 32.9 Å². The van der Waals surface area contributed by atoms with E-state index in [4.69, 9.17) is 13.7 Å². The first-order chi connectivity index (χ1) is 11.5. The lowest BCUT2D eigenvalue weighted by molar-refractivity contribution is -0.137. The van der Waals surface area contributed by atoms with Crippen molar-refractivity contribution in [2.24, 2.45) is 11.8 Å². The topological polar surface area (TPSA) is 68.7 Å². The van der Waals surface area contributed by atoms with Crippen LogP contribution in [0, 0.1) is 11.8 Å². The number of hydrogen-bond acceptors (Lipinski definition) is 5. The van der Waals surface area contributed by atoms with Gasteiger partial charge in [-0.3, -0.25) is 4.79 Å². The molecule has 6 nitrogen and oxygen atoms in total. The molecule has 0 aliphatic rings. The molecule has 2 aromatic rings. The van der Waals surface area contributed by atoms with E-state index in [-0.39, 0.29) is 19.1 Å². The minimum atomic E-state index is 0.00662. The second-order valence-corrected chi connectivity index (χ2v) is 6.74. The number of hydrogen-bond donors (Lipinski definition) is 0. The number of amides is 1. The Morgan fingerprint density at radius 1 is 1.21 bits per heavy atom. The van der Waals surface area contributed by atoms with Crippen molar-refractivity contribution in [3.63, 3.8) is 0 Å². The third kappa shape index (κ3) is 5.53. The van der Waals surface area contributed by atoms with Crippen LogP contribution in [-0.2, 0) is 16.1 Å². The molecule has 0 radical (unpaired) electrons. The summed E-state index contributed by atoms with van der Waals surface area (Å²) in [5.74, 6) is 2.03.